The van der Waals surface area contributed by atoms with Crippen LogP contribution in [0.5, 0.6) is 0 Å². The highest BCUT2D eigenvalue weighted by molar-refractivity contribution is 7.84. The standard InChI is InChI=1S/C32H55N3O49S8/c1-35(87(52,53)54)11-14(38)18(7(76-30(11)70-2)4-72-89(58,59)60)77-32-23(84-92(67,68)69)17(41)22(25(82-32)27(44)45)80-29-10(34-86(49,50)51)20(83-91(64,65)66)19(8(75-29)5-73-90(61,62)63)78-31-16(40)15(39)21(24(81-31)26(42)43)79-28-9(33-85(46,47)48)13(37)12(36)6(74-28)3-71-88(55,56)57/h6-25,28-34,36-41H,3-5H2,1-2H3,(H,42,43)(H,44,45)(H,46,47,48)(H,49,50,51)(H,52,53,54)(H,55,56,57)(H,58,59,60)(H,61,62,63)(H,64,65,66)(H,67,68,69)/t6-,7-,8-,9-,10-,11-,12-,13-,14-,15-,16-,17+,18-,19-,20-,21+,22+,23-,24+,25-,28-,29+,30+,31-,32-/m1/s1. The fourth-order valence-corrected chi connectivity index (χ4v) is 12.8. The van der Waals surface area contributed by atoms with Gasteiger partial charge in [-0.05, 0) is 0 Å². The number of ether oxygens (including phenoxy) is 10. The summed E-state index contributed by atoms with van der Waals surface area (Å²) >= 11 is 0. The van der Waals surface area contributed by atoms with Crippen molar-refractivity contribution in [3.63, 3.8) is 0 Å². The van der Waals surface area contributed by atoms with E-state index in [2.05, 4.69) is 20.9 Å². The summed E-state index contributed by atoms with van der Waals surface area (Å²) in [5.74, 6) is -4.91. The van der Waals surface area contributed by atoms with Crippen LogP contribution in [0, 0.1) is 0 Å². The maximum Gasteiger partial charge on any atom is 0.397 e. The highest BCUT2D eigenvalue weighted by atomic mass is 32.3. The minimum atomic E-state index is -6.36. The van der Waals surface area contributed by atoms with Gasteiger partial charge in [0.1, 0.15) is 104 Å². The van der Waals surface area contributed by atoms with E-state index in [0.29, 0.717) is 7.05 Å². The number of likely N-dealkylation sites (N-methyl/N-ethyl adjacent to an activating group) is 1. The molecule has 0 unspecified atom stereocenters. The van der Waals surface area contributed by atoms with Crippen LogP contribution in [-0.2, 0) is 161 Å². The van der Waals surface area contributed by atoms with Crippen molar-refractivity contribution in [1.82, 2.24) is 13.7 Å². The van der Waals surface area contributed by atoms with Crippen LogP contribution in [0.15, 0.2) is 0 Å². The van der Waals surface area contributed by atoms with Crippen molar-refractivity contribution in [2.75, 3.05) is 34.0 Å². The summed E-state index contributed by atoms with van der Waals surface area (Å²) in [6.45, 7) is -5.06. The smallest absolute Gasteiger partial charge is 0.397 e. The minimum Gasteiger partial charge on any atom is -0.479 e. The molecule has 5 aliphatic heterocycles. The Kier molecular flexibility index (Phi) is 26.2. The molecule has 0 aromatic heterocycles. The number of carboxylic acids is 2. The Morgan fingerprint density at radius 3 is 1.22 bits per heavy atom. The van der Waals surface area contributed by atoms with Gasteiger partial charge in [-0.1, -0.05) is 0 Å². The Labute approximate surface area is 516 Å². The summed E-state index contributed by atoms with van der Waals surface area (Å²) in [6.07, 6.45) is -63.5. The molecule has 0 radical (unpaired) electrons. The van der Waals surface area contributed by atoms with E-state index >= 15 is 0 Å². The minimum absolute atomic E-state index is 0.0962. The van der Waals surface area contributed by atoms with Crippen LogP contribution in [0.2, 0.25) is 0 Å². The van der Waals surface area contributed by atoms with Crippen LogP contribution in [-0.4, -0.2) is 348 Å². The third kappa shape index (κ3) is 22.1. The second kappa shape index (κ2) is 30.2. The highest BCUT2D eigenvalue weighted by Gasteiger charge is 2.61. The predicted molar refractivity (Wildman–Crippen MR) is 267 cm³/mol. The summed E-state index contributed by atoms with van der Waals surface area (Å²) < 4.78 is 347. The maximum absolute atomic E-state index is 13.1. The lowest BCUT2D eigenvalue weighted by Crippen LogP contribution is -2.71. The Hall–Kier alpha value is -2.74. The summed E-state index contributed by atoms with van der Waals surface area (Å²) in [4.78, 5) is 25.9. The van der Waals surface area contributed by atoms with Gasteiger partial charge < -0.3 is 88.2 Å². The first-order chi connectivity index (χ1) is 41.6. The van der Waals surface area contributed by atoms with E-state index in [-0.39, 0.29) is 4.31 Å². The lowest BCUT2D eigenvalue weighted by atomic mass is 9.94. The van der Waals surface area contributed by atoms with Crippen molar-refractivity contribution in [2.45, 2.75) is 153 Å². The molecule has 0 aromatic rings. The van der Waals surface area contributed by atoms with Gasteiger partial charge in [-0.3, -0.25) is 36.4 Å². The molecule has 92 heavy (non-hydrogen) atoms. The molecule has 0 bridgehead atoms. The van der Waals surface area contributed by atoms with Crippen molar-refractivity contribution >= 4 is 94.8 Å². The topological polar surface area (TPSA) is 797 Å². The summed E-state index contributed by atoms with van der Waals surface area (Å²) in [7, 11) is -45.3. The molecular weight excluding hydrogens is 1470 g/mol. The molecule has 5 aliphatic rings. The number of rotatable bonds is 30. The van der Waals surface area contributed by atoms with Gasteiger partial charge in [0.05, 0.1) is 19.8 Å². The molecule has 5 saturated heterocycles. The predicted octanol–water partition coefficient (Wildman–Crippen LogP) is -13.4. The number of aliphatic hydroxyl groups excluding tert-OH is 6. The lowest BCUT2D eigenvalue weighted by Gasteiger charge is -2.50. The molecule has 540 valence electrons. The zero-order valence-corrected chi connectivity index (χ0v) is 51.4. The zero-order valence-electron chi connectivity index (χ0n) is 44.9. The van der Waals surface area contributed by atoms with Crippen molar-refractivity contribution < 1.29 is 222 Å². The summed E-state index contributed by atoms with van der Waals surface area (Å²) in [6, 6.07) is -8.12. The molecule has 18 N–H and O–H groups in total. The molecule has 0 spiro atoms. The zero-order chi connectivity index (χ0) is 70.3. The fraction of sp³-hybridized carbons (Fsp3) is 0.938. The van der Waals surface area contributed by atoms with Crippen molar-refractivity contribution in [2.24, 2.45) is 0 Å². The molecule has 60 heteroatoms. The third-order valence-electron chi connectivity index (χ3n) is 12.9. The number of aliphatic carboxylic acids is 2. The maximum atomic E-state index is 13.1. The molecule has 0 aromatic carbocycles. The number of hydrogen-bond acceptors (Lipinski definition) is 39. The number of hydrogen-bond donors (Lipinski definition) is 18. The number of nitrogens with zero attached hydrogens (tertiary/aromatic N) is 1. The normalized spacial score (nSPS) is 38.4. The number of nitrogens with one attached hydrogen (secondary N) is 2. The molecule has 0 aliphatic carbocycles. The Morgan fingerprint density at radius 2 is 0.783 bits per heavy atom. The highest BCUT2D eigenvalue weighted by Crippen LogP contribution is 2.39. The van der Waals surface area contributed by atoms with E-state index in [4.69, 9.17) is 51.9 Å². The van der Waals surface area contributed by atoms with Gasteiger partial charge >= 0.3 is 94.8 Å². The number of methoxy groups -OCH3 is 1. The first-order valence-electron chi connectivity index (χ1n) is 23.9. The van der Waals surface area contributed by atoms with E-state index in [1.54, 1.807) is 0 Å². The van der Waals surface area contributed by atoms with Gasteiger partial charge in [0.2, 0.25) is 0 Å². The quantitative estimate of drug-likeness (QED) is 0.0297. The summed E-state index contributed by atoms with van der Waals surface area (Å²) in [5.41, 5.74) is 0. The second-order valence-corrected chi connectivity index (χ2v) is 28.3. The van der Waals surface area contributed by atoms with Crippen LogP contribution in [0.3, 0.4) is 0 Å². The van der Waals surface area contributed by atoms with E-state index in [9.17, 15) is 150 Å². The van der Waals surface area contributed by atoms with Crippen molar-refractivity contribution in [3.8, 4) is 0 Å². The largest absolute Gasteiger partial charge is 0.479 e. The van der Waals surface area contributed by atoms with Gasteiger partial charge in [-0.25, -0.2) is 30.5 Å². The van der Waals surface area contributed by atoms with Gasteiger partial charge in [0.15, 0.2) is 49.8 Å². The SMILES string of the molecule is CO[C@H]1O[C@H](COS(=O)(=O)O)[C@@H](O[C@@H]2O[C@@H](C(=O)O)[C@@H](O[C@@H]3O[C@H](COS(=O)(=O)O)[C@@H](O[C@@H]4O[C@H](C(=O)O)[C@@H](O[C@H]5O[C@H](COS(=O)(=O)O)[C@@H](O)[C@H](O)[C@H]5NS(=O)(=O)O)[C@H](O)[C@H]4O)[C@H](OS(=O)(=O)O)[C@H]3NS(=O)(=O)O)[C@H](O)[C@H]2OS(=O)(=O)O)[C@H](O)[C@H]1N(C)S(=O)(=O)O. The van der Waals surface area contributed by atoms with Gasteiger partial charge in [-0.15, -0.1) is 0 Å². The molecule has 5 rings (SSSR count). The number of aliphatic hydroxyl groups is 6. The first kappa shape index (κ1) is 79.9. The van der Waals surface area contributed by atoms with Crippen LogP contribution < -0.4 is 9.44 Å². The van der Waals surface area contributed by atoms with Gasteiger partial charge in [-0.2, -0.15) is 81.1 Å². The third-order valence-corrected chi connectivity index (χ3v) is 17.2. The molecule has 5 fully saturated rings. The second-order valence-electron chi connectivity index (χ2n) is 19.1. The van der Waals surface area contributed by atoms with Crippen LogP contribution >= 0.6 is 0 Å². The number of carbonyl (C=O) groups is 2. The molecule has 5 heterocycles. The lowest BCUT2D eigenvalue weighted by molar-refractivity contribution is -0.373. The van der Waals surface area contributed by atoms with Gasteiger partial charge in [0, 0.05) is 14.2 Å². The molecule has 0 amide bonds. The van der Waals surface area contributed by atoms with Crippen LogP contribution in [0.25, 0.3) is 0 Å². The van der Waals surface area contributed by atoms with E-state index in [1.165, 1.54) is 4.72 Å². The Balaban J connectivity index is 1.61. The first-order valence-corrected chi connectivity index (χ1v) is 35.0. The van der Waals surface area contributed by atoms with E-state index in [0.717, 1.165) is 11.8 Å². The Bertz CT molecular complexity index is 3530. The Morgan fingerprint density at radius 1 is 0.402 bits per heavy atom. The number of carboxylic acid groups (broad SMARTS) is 2. The molecular formula is C32H55N3O49S8. The average Bonchev–Trinajstić information content (AvgIpc) is 0.766. The van der Waals surface area contributed by atoms with E-state index < -0.39 is 268 Å². The molecule has 52 nitrogen and oxygen atoms in total. The average molecular weight is 1520 g/mol. The van der Waals surface area contributed by atoms with Gasteiger partial charge in [0.25, 0.3) is 0 Å². The van der Waals surface area contributed by atoms with E-state index in [1.807, 2.05) is 0 Å². The molecule has 0 saturated carbocycles. The monoisotopic (exact) mass is 1520 g/mol. The summed E-state index contributed by atoms with van der Waals surface area (Å²) in [5, 5.41) is 88.1. The van der Waals surface area contributed by atoms with Crippen LogP contribution in [0.1, 0.15) is 0 Å². The molecule has 25 atom stereocenters. The van der Waals surface area contributed by atoms with Crippen LogP contribution in [0.4, 0.5) is 0 Å². The van der Waals surface area contributed by atoms with Crippen molar-refractivity contribution in [1.29, 1.82) is 0 Å². The van der Waals surface area contributed by atoms with Crippen molar-refractivity contribution in [3.05, 3.63) is 0 Å². The fourth-order valence-electron chi connectivity index (χ4n) is 9.20.